The Morgan fingerprint density at radius 1 is 1.08 bits per heavy atom. The number of rotatable bonds is 0. The van der Waals surface area contributed by atoms with E-state index in [0.717, 1.165) is 21.9 Å². The standard InChI is InChI=1S/C7H3N5S/c1-4-7-5(2-9-12-10-4)11-13-3-6(7)8-1/h1-3H. The van der Waals surface area contributed by atoms with Crippen LogP contribution in [0.5, 0.6) is 0 Å². The average molecular weight is 189 g/mol. The molecule has 0 unspecified atom stereocenters. The van der Waals surface area contributed by atoms with E-state index in [9.17, 15) is 0 Å². The van der Waals surface area contributed by atoms with E-state index in [1.165, 1.54) is 11.5 Å². The van der Waals surface area contributed by atoms with Crippen LogP contribution in [0.3, 0.4) is 0 Å². The van der Waals surface area contributed by atoms with Gasteiger partial charge in [0.1, 0.15) is 11.0 Å². The van der Waals surface area contributed by atoms with Crippen LogP contribution in [0.15, 0.2) is 17.8 Å². The molecule has 62 valence electrons. The molecule has 0 amide bonds. The molecule has 6 heteroatoms. The summed E-state index contributed by atoms with van der Waals surface area (Å²) in [7, 11) is 0. The lowest BCUT2D eigenvalue weighted by Crippen LogP contribution is -1.73. The first-order chi connectivity index (χ1) is 6.45. The molecule has 5 nitrogen and oxygen atoms in total. The van der Waals surface area contributed by atoms with Crippen LogP contribution in [0.25, 0.3) is 21.9 Å². The monoisotopic (exact) mass is 189 g/mol. The van der Waals surface area contributed by atoms with Crippen LogP contribution < -0.4 is 0 Å². The predicted molar refractivity (Wildman–Crippen MR) is 48.3 cm³/mol. The summed E-state index contributed by atoms with van der Waals surface area (Å²) in [6.45, 7) is 0. The largest absolute Gasteiger partial charge is 0.253 e. The number of hydrogen-bond acceptors (Lipinski definition) is 6. The lowest BCUT2D eigenvalue weighted by molar-refractivity contribution is 0.909. The van der Waals surface area contributed by atoms with Crippen molar-refractivity contribution in [3.8, 4) is 0 Å². The van der Waals surface area contributed by atoms with Crippen LogP contribution in [0, 0.1) is 0 Å². The van der Waals surface area contributed by atoms with Gasteiger partial charge in [0.25, 0.3) is 0 Å². The summed E-state index contributed by atoms with van der Waals surface area (Å²) in [6, 6.07) is 0. The molecule has 0 fully saturated rings. The number of hydrogen-bond donors (Lipinski definition) is 0. The van der Waals surface area contributed by atoms with Gasteiger partial charge in [0, 0.05) is 5.38 Å². The Morgan fingerprint density at radius 2 is 2.08 bits per heavy atom. The molecule has 0 atom stereocenters. The minimum atomic E-state index is 0.739. The van der Waals surface area contributed by atoms with Gasteiger partial charge in [-0.05, 0) is 16.7 Å². The van der Waals surface area contributed by atoms with Gasteiger partial charge in [0.15, 0.2) is 0 Å². The number of aromatic nitrogens is 5. The molecule has 0 radical (unpaired) electrons. The summed E-state index contributed by atoms with van der Waals surface area (Å²) in [4.78, 5) is 4.19. The summed E-state index contributed by atoms with van der Waals surface area (Å²) in [5.41, 5.74) is 2.43. The molecule has 0 bridgehead atoms. The Bertz CT molecular complexity index is 575. The Kier molecular flexibility index (Phi) is 1.25. The Hall–Kier alpha value is -1.69. The second kappa shape index (κ2) is 2.40. The SMILES string of the molecule is c1snc2cnnnc3cnc1c32. The second-order valence-electron chi connectivity index (χ2n) is 2.54. The highest BCUT2D eigenvalue weighted by atomic mass is 32.1. The van der Waals surface area contributed by atoms with Crippen LogP contribution in [0.4, 0.5) is 0 Å². The first kappa shape index (κ1) is 6.79. The van der Waals surface area contributed by atoms with Gasteiger partial charge in [-0.15, -0.1) is 10.2 Å². The third kappa shape index (κ3) is 0.888. The van der Waals surface area contributed by atoms with Crippen LogP contribution in [-0.4, -0.2) is 24.8 Å². The van der Waals surface area contributed by atoms with E-state index in [1.807, 2.05) is 5.38 Å². The van der Waals surface area contributed by atoms with Crippen molar-refractivity contribution >= 4 is 33.5 Å². The van der Waals surface area contributed by atoms with E-state index in [-0.39, 0.29) is 0 Å². The molecular formula is C7H3N5S. The van der Waals surface area contributed by atoms with Gasteiger partial charge < -0.3 is 0 Å². The van der Waals surface area contributed by atoms with Crippen LogP contribution in [-0.2, 0) is 0 Å². The van der Waals surface area contributed by atoms with E-state index in [0.29, 0.717) is 0 Å². The van der Waals surface area contributed by atoms with Gasteiger partial charge >= 0.3 is 0 Å². The maximum absolute atomic E-state index is 4.20. The maximum Gasteiger partial charge on any atom is 0.117 e. The fourth-order valence-electron chi connectivity index (χ4n) is 1.24. The van der Waals surface area contributed by atoms with Gasteiger partial charge in [-0.2, -0.15) is 4.37 Å². The summed E-state index contributed by atoms with van der Waals surface area (Å²) < 4.78 is 4.20. The maximum atomic E-state index is 4.20. The molecule has 3 heterocycles. The van der Waals surface area contributed by atoms with Crippen molar-refractivity contribution in [2.45, 2.75) is 0 Å². The molecule has 3 aromatic heterocycles. The van der Waals surface area contributed by atoms with Crippen molar-refractivity contribution in [3.05, 3.63) is 17.8 Å². The average Bonchev–Trinajstić information content (AvgIpc) is 2.44. The third-order valence-corrected chi connectivity index (χ3v) is 2.42. The normalized spacial score (nSPS) is 11.1. The first-order valence-corrected chi connectivity index (χ1v) is 4.46. The molecule has 3 rings (SSSR count). The Balaban J connectivity index is 2.75. The van der Waals surface area contributed by atoms with Crippen LogP contribution >= 0.6 is 11.5 Å². The van der Waals surface area contributed by atoms with Crippen molar-refractivity contribution in [1.82, 2.24) is 24.8 Å². The van der Waals surface area contributed by atoms with Crippen molar-refractivity contribution in [1.29, 1.82) is 0 Å². The van der Waals surface area contributed by atoms with E-state index in [4.69, 9.17) is 0 Å². The lowest BCUT2D eigenvalue weighted by Gasteiger charge is -1.86. The van der Waals surface area contributed by atoms with E-state index < -0.39 is 0 Å². The van der Waals surface area contributed by atoms with Gasteiger partial charge in [-0.3, -0.25) is 4.98 Å². The van der Waals surface area contributed by atoms with Gasteiger partial charge in [-0.1, -0.05) is 0 Å². The van der Waals surface area contributed by atoms with Crippen molar-refractivity contribution in [2.24, 2.45) is 0 Å². The van der Waals surface area contributed by atoms with Gasteiger partial charge in [0.05, 0.1) is 23.3 Å². The second-order valence-corrected chi connectivity index (χ2v) is 3.17. The third-order valence-electron chi connectivity index (χ3n) is 1.79. The fourth-order valence-corrected chi connectivity index (χ4v) is 1.82. The molecule has 0 spiro atoms. The Labute approximate surface area is 76.6 Å². The van der Waals surface area contributed by atoms with Crippen molar-refractivity contribution < 1.29 is 0 Å². The molecule has 0 aliphatic rings. The summed E-state index contributed by atoms with van der Waals surface area (Å²) in [6.07, 6.45) is 3.28. The molecule has 0 N–H and O–H groups in total. The van der Waals surface area contributed by atoms with Crippen LogP contribution in [0.2, 0.25) is 0 Å². The van der Waals surface area contributed by atoms with Crippen LogP contribution in [0.1, 0.15) is 0 Å². The Morgan fingerprint density at radius 3 is 3.08 bits per heavy atom. The summed E-state index contributed by atoms with van der Waals surface area (Å²) in [5.74, 6) is 0. The first-order valence-electron chi connectivity index (χ1n) is 3.62. The van der Waals surface area contributed by atoms with Gasteiger partial charge in [-0.25, -0.2) is 0 Å². The lowest BCUT2D eigenvalue weighted by atomic mass is 10.3. The highest BCUT2D eigenvalue weighted by Gasteiger charge is 2.05. The molecule has 13 heavy (non-hydrogen) atoms. The van der Waals surface area contributed by atoms with Gasteiger partial charge in [0.2, 0.25) is 0 Å². The summed E-state index contributed by atoms with van der Waals surface area (Å²) >= 11 is 1.35. The molecular weight excluding hydrogens is 186 g/mol. The molecule has 0 aromatic carbocycles. The quantitative estimate of drug-likeness (QED) is 0.528. The highest BCUT2D eigenvalue weighted by Crippen LogP contribution is 2.21. The predicted octanol–water partition coefficient (Wildman–Crippen LogP) is 1.03. The zero-order valence-electron chi connectivity index (χ0n) is 6.38. The van der Waals surface area contributed by atoms with Crippen molar-refractivity contribution in [2.75, 3.05) is 0 Å². The molecule has 0 saturated carbocycles. The molecule has 0 aliphatic carbocycles. The molecule has 0 aliphatic heterocycles. The highest BCUT2D eigenvalue weighted by molar-refractivity contribution is 7.04. The van der Waals surface area contributed by atoms with E-state index in [1.54, 1.807) is 12.4 Å². The smallest absolute Gasteiger partial charge is 0.117 e. The zero-order valence-corrected chi connectivity index (χ0v) is 7.19. The minimum absolute atomic E-state index is 0.739. The molecule has 0 saturated heterocycles. The van der Waals surface area contributed by atoms with E-state index >= 15 is 0 Å². The molecule has 3 aromatic rings. The number of nitrogens with zero attached hydrogens (tertiary/aromatic N) is 5. The van der Waals surface area contributed by atoms with Crippen molar-refractivity contribution in [3.63, 3.8) is 0 Å². The topological polar surface area (TPSA) is 64.5 Å². The van der Waals surface area contributed by atoms with E-state index in [2.05, 4.69) is 24.8 Å². The fraction of sp³-hybridized carbons (Fsp3) is 0. The zero-order chi connectivity index (χ0) is 8.67. The minimum Gasteiger partial charge on any atom is -0.253 e. The summed E-state index contributed by atoms with van der Waals surface area (Å²) in [5, 5.41) is 14.0.